The van der Waals surface area contributed by atoms with Crippen LogP contribution in [-0.2, 0) is 13.7 Å². The SMILES string of the molecule is COc1ccc(I)c(B2OB(c3cc(OC)ccc3I)OB(c3cc(OC)ccc3I)O2)c1. The van der Waals surface area contributed by atoms with Crippen molar-refractivity contribution in [3.8, 4) is 17.2 Å². The van der Waals surface area contributed by atoms with E-state index in [-0.39, 0.29) is 0 Å². The van der Waals surface area contributed by atoms with Crippen molar-refractivity contribution >= 4 is 106 Å². The third-order valence-electron chi connectivity index (χ3n) is 5.11. The molecule has 4 rings (SSSR count). The van der Waals surface area contributed by atoms with Gasteiger partial charge in [0, 0.05) is 10.7 Å². The summed E-state index contributed by atoms with van der Waals surface area (Å²) in [4.78, 5) is 0. The average molecular weight is 780 g/mol. The lowest BCUT2D eigenvalue weighted by molar-refractivity contribution is 0.307. The zero-order valence-electron chi connectivity index (χ0n) is 18.0. The molecule has 6 nitrogen and oxygen atoms in total. The summed E-state index contributed by atoms with van der Waals surface area (Å²) < 4.78 is 38.4. The van der Waals surface area contributed by atoms with Crippen molar-refractivity contribution in [3.63, 3.8) is 0 Å². The van der Waals surface area contributed by atoms with Gasteiger partial charge in [-0.05, 0) is 139 Å². The van der Waals surface area contributed by atoms with Crippen LogP contribution in [0.5, 0.6) is 17.2 Å². The maximum Gasteiger partial charge on any atom is 0.468 e. The molecule has 0 unspecified atom stereocenters. The maximum atomic E-state index is 6.37. The van der Waals surface area contributed by atoms with Crippen LogP contribution in [0.3, 0.4) is 0 Å². The summed E-state index contributed by atoms with van der Waals surface area (Å²) in [5, 5.41) is 0. The van der Waals surface area contributed by atoms with Crippen molar-refractivity contribution in [1.82, 2.24) is 0 Å². The first kappa shape index (κ1) is 25.4. The molecule has 1 aliphatic heterocycles. The fourth-order valence-electron chi connectivity index (χ4n) is 3.36. The largest absolute Gasteiger partial charge is 0.497 e. The molecule has 1 heterocycles. The number of ether oxygens (including phenoxy) is 3. The van der Waals surface area contributed by atoms with Gasteiger partial charge in [0.25, 0.3) is 0 Å². The summed E-state index contributed by atoms with van der Waals surface area (Å²) in [6.45, 7) is 0. The van der Waals surface area contributed by atoms with Crippen LogP contribution in [0.15, 0.2) is 54.6 Å². The summed E-state index contributed by atoms with van der Waals surface area (Å²) in [6.07, 6.45) is 0. The van der Waals surface area contributed by atoms with Crippen molar-refractivity contribution in [2.24, 2.45) is 0 Å². The molecule has 1 aliphatic rings. The quantitative estimate of drug-likeness (QED) is 0.284. The van der Waals surface area contributed by atoms with Gasteiger partial charge in [0.1, 0.15) is 17.2 Å². The highest BCUT2D eigenvalue weighted by Gasteiger charge is 2.45. The molecule has 0 atom stereocenters. The first-order chi connectivity index (χ1) is 15.9. The van der Waals surface area contributed by atoms with Crippen LogP contribution in [0.1, 0.15) is 0 Å². The number of hydrogen-bond donors (Lipinski definition) is 0. The van der Waals surface area contributed by atoms with Gasteiger partial charge < -0.3 is 27.9 Å². The van der Waals surface area contributed by atoms with Crippen LogP contribution >= 0.6 is 67.8 Å². The van der Waals surface area contributed by atoms with Crippen molar-refractivity contribution in [2.45, 2.75) is 0 Å². The van der Waals surface area contributed by atoms with Crippen molar-refractivity contribution < 1.29 is 27.9 Å². The Balaban J connectivity index is 1.79. The fraction of sp³-hybridized carbons (Fsp3) is 0.143. The molecule has 0 aromatic heterocycles. The third-order valence-corrected chi connectivity index (χ3v) is 8.06. The van der Waals surface area contributed by atoms with Crippen LogP contribution in [0, 0.1) is 10.7 Å². The Kier molecular flexibility index (Phi) is 8.76. The molecule has 12 heteroatoms. The van der Waals surface area contributed by atoms with Gasteiger partial charge >= 0.3 is 21.4 Å². The van der Waals surface area contributed by atoms with Gasteiger partial charge in [0.05, 0.1) is 21.3 Å². The highest BCUT2D eigenvalue weighted by Crippen LogP contribution is 2.21. The predicted octanol–water partition coefficient (Wildman–Crippen LogP) is 3.08. The lowest BCUT2D eigenvalue weighted by Crippen LogP contribution is -2.62. The molecule has 1 fully saturated rings. The normalized spacial score (nSPS) is 13.8. The Morgan fingerprint density at radius 2 is 0.788 bits per heavy atom. The molecule has 33 heavy (non-hydrogen) atoms. The second-order valence-corrected chi connectivity index (χ2v) is 10.6. The van der Waals surface area contributed by atoms with E-state index < -0.39 is 21.4 Å². The van der Waals surface area contributed by atoms with Gasteiger partial charge in [-0.15, -0.1) is 0 Å². The number of rotatable bonds is 6. The van der Waals surface area contributed by atoms with Crippen LogP contribution < -0.4 is 30.6 Å². The number of halogens is 3. The summed E-state index contributed by atoms with van der Waals surface area (Å²) in [5.41, 5.74) is 2.59. The lowest BCUT2D eigenvalue weighted by atomic mass is 9.61. The first-order valence-electron chi connectivity index (χ1n) is 9.90. The predicted molar refractivity (Wildman–Crippen MR) is 157 cm³/mol. The Labute approximate surface area is 235 Å². The van der Waals surface area contributed by atoms with Crippen LogP contribution in [0.4, 0.5) is 0 Å². The summed E-state index contributed by atoms with van der Waals surface area (Å²) in [6, 6.07) is 17.5. The highest BCUT2D eigenvalue weighted by molar-refractivity contribution is 14.1. The van der Waals surface area contributed by atoms with Gasteiger partial charge in [0.2, 0.25) is 0 Å². The number of benzene rings is 3. The van der Waals surface area contributed by atoms with Crippen molar-refractivity contribution in [2.75, 3.05) is 21.3 Å². The molecule has 168 valence electrons. The minimum Gasteiger partial charge on any atom is -0.497 e. The van der Waals surface area contributed by atoms with Gasteiger partial charge in [0.15, 0.2) is 0 Å². The van der Waals surface area contributed by atoms with Crippen molar-refractivity contribution in [3.05, 3.63) is 65.3 Å². The molecule has 0 bridgehead atoms. The standard InChI is InChI=1S/C21H18B3I3O6/c1-28-13-4-7-19(25)16(10-13)22-31-23(17-11-14(29-2)5-8-20(17)26)33-24(32-22)18-12-15(30-3)6-9-21(18)27/h4-12H,1-3H3. The fourth-order valence-corrected chi connectivity index (χ4v) is 5.13. The Bertz CT molecular complexity index is 1000. The first-order valence-corrected chi connectivity index (χ1v) is 13.1. The van der Waals surface area contributed by atoms with Crippen LogP contribution in [-0.4, -0.2) is 42.7 Å². The number of hydrogen-bond acceptors (Lipinski definition) is 6. The molecular weight excluding hydrogens is 761 g/mol. The third kappa shape index (κ3) is 5.77. The van der Waals surface area contributed by atoms with Crippen molar-refractivity contribution in [1.29, 1.82) is 0 Å². The molecule has 0 saturated carbocycles. The van der Waals surface area contributed by atoms with E-state index in [9.17, 15) is 0 Å². The molecule has 0 amide bonds. The van der Waals surface area contributed by atoms with Gasteiger partial charge in [-0.25, -0.2) is 0 Å². The van der Waals surface area contributed by atoms with E-state index in [2.05, 4.69) is 67.8 Å². The topological polar surface area (TPSA) is 55.4 Å². The zero-order chi connectivity index (χ0) is 23.5. The molecule has 0 radical (unpaired) electrons. The minimum atomic E-state index is -0.681. The van der Waals surface area contributed by atoms with E-state index >= 15 is 0 Å². The monoisotopic (exact) mass is 780 g/mol. The molecule has 0 spiro atoms. The lowest BCUT2D eigenvalue weighted by Gasteiger charge is -2.32. The maximum absolute atomic E-state index is 6.37. The average Bonchev–Trinajstić information content (AvgIpc) is 2.84. The smallest absolute Gasteiger partial charge is 0.468 e. The Morgan fingerprint density at radius 1 is 0.515 bits per heavy atom. The van der Waals surface area contributed by atoms with E-state index in [0.717, 1.165) is 44.3 Å². The molecular formula is C21H18B3I3O6. The minimum absolute atomic E-state index is 0.681. The molecule has 3 aromatic rings. The van der Waals surface area contributed by atoms with E-state index in [4.69, 9.17) is 27.9 Å². The molecule has 1 saturated heterocycles. The van der Waals surface area contributed by atoms with E-state index in [0.29, 0.717) is 0 Å². The second-order valence-electron chi connectivity index (χ2n) is 7.07. The van der Waals surface area contributed by atoms with Gasteiger partial charge in [-0.2, -0.15) is 0 Å². The van der Waals surface area contributed by atoms with Crippen LogP contribution in [0.25, 0.3) is 0 Å². The summed E-state index contributed by atoms with van der Waals surface area (Å²) in [7, 11) is 2.88. The van der Waals surface area contributed by atoms with Gasteiger partial charge in [-0.1, -0.05) is 0 Å². The van der Waals surface area contributed by atoms with E-state index in [1.54, 1.807) is 21.3 Å². The second kappa shape index (κ2) is 11.4. The number of methoxy groups -OCH3 is 3. The molecule has 3 aromatic carbocycles. The summed E-state index contributed by atoms with van der Waals surface area (Å²) >= 11 is 6.83. The van der Waals surface area contributed by atoms with Crippen LogP contribution in [0.2, 0.25) is 0 Å². The van der Waals surface area contributed by atoms with Gasteiger partial charge in [-0.3, -0.25) is 0 Å². The highest BCUT2D eigenvalue weighted by atomic mass is 127. The molecule has 0 N–H and O–H groups in total. The Morgan fingerprint density at radius 3 is 1.03 bits per heavy atom. The summed E-state index contributed by atoms with van der Waals surface area (Å²) in [5.74, 6) is 2.18. The molecule has 0 aliphatic carbocycles. The van der Waals surface area contributed by atoms with E-state index in [1.807, 2.05) is 54.6 Å². The van der Waals surface area contributed by atoms with E-state index in [1.165, 1.54) is 0 Å². The zero-order valence-corrected chi connectivity index (χ0v) is 24.5. The Hall–Kier alpha value is -0.675.